The first kappa shape index (κ1) is 9.10. The van der Waals surface area contributed by atoms with Crippen molar-refractivity contribution in [1.82, 2.24) is 0 Å². The van der Waals surface area contributed by atoms with Gasteiger partial charge in [0.2, 0.25) is 12.5 Å². The van der Waals surface area contributed by atoms with Gasteiger partial charge in [-0.05, 0) is 0 Å². The number of isocyanates is 1. The third kappa shape index (κ3) is 4.03. The SMILES string of the molecule is O=C=NC(F)(F)CC(F)F. The maximum atomic E-state index is 11.8. The van der Waals surface area contributed by atoms with Gasteiger partial charge in [-0.1, -0.05) is 0 Å². The molecule has 0 amide bonds. The predicted octanol–water partition coefficient (Wildman–Crippen LogP) is 1.57. The first-order valence-electron chi connectivity index (χ1n) is 2.23. The second kappa shape index (κ2) is 3.31. The smallest absolute Gasteiger partial charge is 0.211 e. The minimum absolute atomic E-state index is 0.505. The summed E-state index contributed by atoms with van der Waals surface area (Å²) in [5.41, 5.74) is 0. The third-order valence-electron chi connectivity index (χ3n) is 0.609. The van der Waals surface area contributed by atoms with Gasteiger partial charge in [-0.3, -0.25) is 0 Å². The molecule has 0 aromatic rings. The molecule has 2 nitrogen and oxygen atoms in total. The molecular formula is C4H3F4NO. The summed E-state index contributed by atoms with van der Waals surface area (Å²) in [5.74, 6) is 0. The van der Waals surface area contributed by atoms with Crippen LogP contribution in [0.25, 0.3) is 0 Å². The van der Waals surface area contributed by atoms with Crippen molar-refractivity contribution in [2.45, 2.75) is 18.9 Å². The maximum absolute atomic E-state index is 11.8. The molecule has 0 atom stereocenters. The first-order valence-corrected chi connectivity index (χ1v) is 2.23. The Morgan fingerprint density at radius 1 is 1.50 bits per heavy atom. The predicted molar refractivity (Wildman–Crippen MR) is 23.7 cm³/mol. The quantitative estimate of drug-likeness (QED) is 0.264. The highest BCUT2D eigenvalue weighted by Gasteiger charge is 2.32. The molecule has 0 N–H and O–H groups in total. The summed E-state index contributed by atoms with van der Waals surface area (Å²) in [6.07, 6.45) is -4.40. The van der Waals surface area contributed by atoms with E-state index in [2.05, 4.69) is 0 Å². The number of rotatable bonds is 3. The second-order valence-corrected chi connectivity index (χ2v) is 1.46. The first-order chi connectivity index (χ1) is 4.48. The number of nitrogens with zero attached hydrogens (tertiary/aromatic N) is 1. The number of hydrogen-bond donors (Lipinski definition) is 0. The van der Waals surface area contributed by atoms with E-state index in [1.165, 1.54) is 0 Å². The number of carbonyl (C=O) groups excluding carboxylic acids is 1. The highest BCUT2D eigenvalue weighted by Crippen LogP contribution is 2.22. The molecule has 58 valence electrons. The molecule has 0 fully saturated rings. The van der Waals surface area contributed by atoms with Gasteiger partial charge in [-0.15, -0.1) is 4.99 Å². The fourth-order valence-electron chi connectivity index (χ4n) is 0.298. The minimum atomic E-state index is -3.98. The van der Waals surface area contributed by atoms with Crippen molar-refractivity contribution in [2.24, 2.45) is 4.99 Å². The van der Waals surface area contributed by atoms with Gasteiger partial charge < -0.3 is 0 Å². The highest BCUT2D eigenvalue weighted by molar-refractivity contribution is 5.33. The van der Waals surface area contributed by atoms with E-state index in [0.717, 1.165) is 0 Å². The topological polar surface area (TPSA) is 29.4 Å². The Morgan fingerprint density at radius 3 is 2.30 bits per heavy atom. The van der Waals surface area contributed by atoms with Gasteiger partial charge in [0, 0.05) is 0 Å². The van der Waals surface area contributed by atoms with Crippen molar-refractivity contribution in [3.63, 3.8) is 0 Å². The zero-order valence-electron chi connectivity index (χ0n) is 4.65. The molecule has 0 saturated carbocycles. The Kier molecular flexibility index (Phi) is 3.02. The molecule has 0 aliphatic heterocycles. The Labute approximate surface area is 53.6 Å². The average Bonchev–Trinajstić information content (AvgIpc) is 1.59. The molecule has 0 spiro atoms. The van der Waals surface area contributed by atoms with Crippen molar-refractivity contribution in [3.05, 3.63) is 0 Å². The van der Waals surface area contributed by atoms with Gasteiger partial charge >= 0.3 is 6.05 Å². The summed E-state index contributed by atoms with van der Waals surface area (Å²) in [4.78, 5) is 11.1. The van der Waals surface area contributed by atoms with E-state index >= 15 is 0 Å². The van der Waals surface area contributed by atoms with Crippen LogP contribution in [0.4, 0.5) is 17.6 Å². The Bertz CT molecular complexity index is 151. The average molecular weight is 157 g/mol. The Morgan fingerprint density at radius 2 is 2.00 bits per heavy atom. The van der Waals surface area contributed by atoms with E-state index in [1.807, 2.05) is 4.99 Å². The summed E-state index contributed by atoms with van der Waals surface area (Å²) < 4.78 is 45.9. The summed E-state index contributed by atoms with van der Waals surface area (Å²) >= 11 is 0. The number of aliphatic imine (C=N–C) groups is 1. The molecule has 0 aromatic heterocycles. The van der Waals surface area contributed by atoms with Crippen LogP contribution >= 0.6 is 0 Å². The van der Waals surface area contributed by atoms with Crippen molar-refractivity contribution in [2.75, 3.05) is 0 Å². The maximum Gasteiger partial charge on any atom is 0.357 e. The van der Waals surface area contributed by atoms with Gasteiger partial charge in [0.1, 0.15) is 0 Å². The number of hydrogen-bond acceptors (Lipinski definition) is 2. The summed E-state index contributed by atoms with van der Waals surface area (Å²) in [6.45, 7) is 0. The van der Waals surface area contributed by atoms with Crippen LogP contribution in [0, 0.1) is 0 Å². The van der Waals surface area contributed by atoms with Gasteiger partial charge in [0.15, 0.2) is 0 Å². The molecule has 6 heteroatoms. The normalized spacial score (nSPS) is 11.3. The fraction of sp³-hybridized carbons (Fsp3) is 0.750. The van der Waals surface area contributed by atoms with E-state index in [0.29, 0.717) is 6.08 Å². The Hall–Kier alpha value is -0.900. The number of halogens is 4. The summed E-state index contributed by atoms with van der Waals surface area (Å²) in [7, 11) is 0. The van der Waals surface area contributed by atoms with Crippen LogP contribution in [-0.2, 0) is 4.79 Å². The van der Waals surface area contributed by atoms with Crippen molar-refractivity contribution in [1.29, 1.82) is 0 Å². The van der Waals surface area contributed by atoms with Crippen LogP contribution in [-0.4, -0.2) is 18.6 Å². The van der Waals surface area contributed by atoms with E-state index in [-0.39, 0.29) is 0 Å². The van der Waals surface area contributed by atoms with Gasteiger partial charge in [0.05, 0.1) is 6.42 Å². The highest BCUT2D eigenvalue weighted by atomic mass is 19.3. The van der Waals surface area contributed by atoms with E-state index in [9.17, 15) is 22.4 Å². The Balaban J connectivity index is 3.98. The lowest BCUT2D eigenvalue weighted by Crippen LogP contribution is -2.16. The van der Waals surface area contributed by atoms with Crippen LogP contribution in [0.3, 0.4) is 0 Å². The number of alkyl halides is 4. The zero-order valence-corrected chi connectivity index (χ0v) is 4.65. The molecule has 0 bridgehead atoms. The van der Waals surface area contributed by atoms with E-state index in [1.54, 1.807) is 0 Å². The zero-order chi connectivity index (χ0) is 8.20. The van der Waals surface area contributed by atoms with Crippen LogP contribution in [0.1, 0.15) is 6.42 Å². The van der Waals surface area contributed by atoms with Crippen LogP contribution in [0.2, 0.25) is 0 Å². The van der Waals surface area contributed by atoms with Crippen molar-refractivity contribution < 1.29 is 22.4 Å². The molecule has 0 aromatic carbocycles. The molecule has 10 heavy (non-hydrogen) atoms. The molecule has 0 radical (unpaired) electrons. The molecule has 0 heterocycles. The van der Waals surface area contributed by atoms with Crippen LogP contribution in [0.15, 0.2) is 4.99 Å². The molecule has 0 aliphatic rings. The monoisotopic (exact) mass is 157 g/mol. The fourth-order valence-corrected chi connectivity index (χ4v) is 0.298. The van der Waals surface area contributed by atoms with Gasteiger partial charge in [-0.2, -0.15) is 8.78 Å². The van der Waals surface area contributed by atoms with Crippen molar-refractivity contribution >= 4 is 6.08 Å². The standard InChI is InChI=1S/C4H3F4NO/c5-3(6)1-4(7,8)9-2-10/h3H,1H2. The lowest BCUT2D eigenvalue weighted by molar-refractivity contribution is -0.0460. The molecule has 0 unspecified atom stereocenters. The minimum Gasteiger partial charge on any atom is -0.211 e. The van der Waals surface area contributed by atoms with E-state index in [4.69, 9.17) is 0 Å². The molecule has 0 saturated heterocycles. The largest absolute Gasteiger partial charge is 0.357 e. The summed E-state index contributed by atoms with van der Waals surface area (Å²) in [5, 5.41) is 0. The van der Waals surface area contributed by atoms with Gasteiger partial charge in [0.25, 0.3) is 0 Å². The lowest BCUT2D eigenvalue weighted by Gasteiger charge is -2.05. The molecule has 0 aliphatic carbocycles. The molecular weight excluding hydrogens is 154 g/mol. The molecule has 0 rings (SSSR count). The van der Waals surface area contributed by atoms with E-state index < -0.39 is 18.9 Å². The van der Waals surface area contributed by atoms with Crippen LogP contribution < -0.4 is 0 Å². The second-order valence-electron chi connectivity index (χ2n) is 1.46. The van der Waals surface area contributed by atoms with Gasteiger partial charge in [-0.25, -0.2) is 13.6 Å². The summed E-state index contributed by atoms with van der Waals surface area (Å²) in [6, 6.07) is -3.98. The third-order valence-corrected chi connectivity index (χ3v) is 0.609. The van der Waals surface area contributed by atoms with Crippen LogP contribution in [0.5, 0.6) is 0 Å². The van der Waals surface area contributed by atoms with Crippen molar-refractivity contribution in [3.8, 4) is 0 Å². The lowest BCUT2D eigenvalue weighted by atomic mass is 10.4.